The van der Waals surface area contributed by atoms with Crippen LogP contribution in [0.4, 0.5) is 5.69 Å². The number of carbonyl (C=O) groups is 1. The van der Waals surface area contributed by atoms with Crippen molar-refractivity contribution in [1.82, 2.24) is 16.0 Å². The number of guanidine groups is 1. The minimum Gasteiger partial charge on any atom is -0.372 e. The second-order valence-electron chi connectivity index (χ2n) is 8.83. The molecule has 6 nitrogen and oxygen atoms in total. The Labute approximate surface area is 222 Å². The molecule has 0 spiro atoms. The van der Waals surface area contributed by atoms with E-state index >= 15 is 0 Å². The van der Waals surface area contributed by atoms with Crippen LogP contribution in [0.15, 0.2) is 53.5 Å². The minimum absolute atomic E-state index is 0. The van der Waals surface area contributed by atoms with E-state index in [0.717, 1.165) is 37.6 Å². The molecular weight excluding hydrogens is 537 g/mol. The van der Waals surface area contributed by atoms with Gasteiger partial charge in [0, 0.05) is 36.9 Å². The van der Waals surface area contributed by atoms with Gasteiger partial charge in [0.15, 0.2) is 5.96 Å². The molecule has 1 heterocycles. The fourth-order valence-electron chi connectivity index (χ4n) is 3.97. The SMILES string of the molecule is CCNC(=NCc1cccc(C(=O)NC(C)CC)c1)NC(C)c1cccc(N2CCCC2)c1.I. The molecule has 1 saturated heterocycles. The van der Waals surface area contributed by atoms with Crippen molar-refractivity contribution in [3.63, 3.8) is 0 Å². The van der Waals surface area contributed by atoms with E-state index in [-0.39, 0.29) is 42.0 Å². The van der Waals surface area contributed by atoms with Gasteiger partial charge < -0.3 is 20.9 Å². The lowest BCUT2D eigenvalue weighted by atomic mass is 10.1. The first-order chi connectivity index (χ1) is 16.0. The van der Waals surface area contributed by atoms with Gasteiger partial charge in [0.05, 0.1) is 12.6 Å². The van der Waals surface area contributed by atoms with Crippen molar-refractivity contribution in [3.8, 4) is 0 Å². The summed E-state index contributed by atoms with van der Waals surface area (Å²) in [6.07, 6.45) is 3.46. The normalized spacial score (nSPS) is 15.3. The summed E-state index contributed by atoms with van der Waals surface area (Å²) in [5.74, 6) is 0.734. The minimum atomic E-state index is -0.0354. The maximum Gasteiger partial charge on any atom is 0.251 e. The van der Waals surface area contributed by atoms with E-state index in [1.807, 2.05) is 31.2 Å². The molecule has 1 aliphatic rings. The Morgan fingerprint density at radius 3 is 2.47 bits per heavy atom. The molecular formula is C27H40IN5O. The first-order valence-corrected chi connectivity index (χ1v) is 12.3. The number of hydrogen-bond acceptors (Lipinski definition) is 3. The molecule has 34 heavy (non-hydrogen) atoms. The lowest BCUT2D eigenvalue weighted by Gasteiger charge is -2.22. The summed E-state index contributed by atoms with van der Waals surface area (Å²) >= 11 is 0. The van der Waals surface area contributed by atoms with E-state index in [4.69, 9.17) is 4.99 Å². The Hall–Kier alpha value is -2.29. The Kier molecular flexibility index (Phi) is 11.7. The van der Waals surface area contributed by atoms with Crippen molar-refractivity contribution in [3.05, 3.63) is 65.2 Å². The second-order valence-corrected chi connectivity index (χ2v) is 8.83. The monoisotopic (exact) mass is 577 g/mol. The molecule has 1 fully saturated rings. The summed E-state index contributed by atoms with van der Waals surface area (Å²) in [7, 11) is 0. The van der Waals surface area contributed by atoms with Crippen LogP contribution in [0.2, 0.25) is 0 Å². The molecule has 7 heteroatoms. The number of rotatable bonds is 9. The summed E-state index contributed by atoms with van der Waals surface area (Å²) < 4.78 is 0. The van der Waals surface area contributed by atoms with E-state index in [0.29, 0.717) is 12.1 Å². The molecule has 3 N–H and O–H groups in total. The molecule has 1 aliphatic heterocycles. The first kappa shape index (κ1) is 28.0. The Morgan fingerprint density at radius 2 is 1.76 bits per heavy atom. The molecule has 3 rings (SSSR count). The van der Waals surface area contributed by atoms with Crippen LogP contribution < -0.4 is 20.9 Å². The first-order valence-electron chi connectivity index (χ1n) is 12.3. The Balaban J connectivity index is 0.00000408. The topological polar surface area (TPSA) is 68.8 Å². The Morgan fingerprint density at radius 1 is 1.03 bits per heavy atom. The molecule has 0 aromatic heterocycles. The summed E-state index contributed by atoms with van der Waals surface area (Å²) in [5, 5.41) is 9.90. The predicted octanol–water partition coefficient (Wildman–Crippen LogP) is 5.25. The van der Waals surface area contributed by atoms with Crippen molar-refractivity contribution in [2.45, 2.75) is 65.6 Å². The summed E-state index contributed by atoms with van der Waals surface area (Å²) in [5.41, 5.74) is 4.22. The van der Waals surface area contributed by atoms with Crippen LogP contribution in [-0.2, 0) is 6.54 Å². The van der Waals surface area contributed by atoms with Crippen molar-refractivity contribution < 1.29 is 4.79 Å². The average molecular weight is 578 g/mol. The Bertz CT molecular complexity index is 942. The zero-order chi connectivity index (χ0) is 23.6. The maximum atomic E-state index is 12.5. The van der Waals surface area contributed by atoms with Gasteiger partial charge in [-0.25, -0.2) is 4.99 Å². The molecule has 2 atom stereocenters. The third kappa shape index (κ3) is 8.18. The highest BCUT2D eigenvalue weighted by Gasteiger charge is 2.15. The zero-order valence-corrected chi connectivity index (χ0v) is 23.3. The largest absolute Gasteiger partial charge is 0.372 e. The highest BCUT2D eigenvalue weighted by Crippen LogP contribution is 2.24. The van der Waals surface area contributed by atoms with Crippen LogP contribution in [0, 0.1) is 0 Å². The van der Waals surface area contributed by atoms with E-state index in [1.54, 1.807) is 0 Å². The molecule has 1 amide bonds. The fourth-order valence-corrected chi connectivity index (χ4v) is 3.97. The van der Waals surface area contributed by atoms with Gasteiger partial charge in [-0.3, -0.25) is 4.79 Å². The summed E-state index contributed by atoms with van der Waals surface area (Å²) in [4.78, 5) is 19.7. The molecule has 0 bridgehead atoms. The van der Waals surface area contributed by atoms with Gasteiger partial charge in [-0.2, -0.15) is 0 Å². The average Bonchev–Trinajstić information content (AvgIpc) is 3.38. The van der Waals surface area contributed by atoms with Crippen LogP contribution in [0.3, 0.4) is 0 Å². The number of aliphatic imine (C=N–C) groups is 1. The number of hydrogen-bond donors (Lipinski definition) is 3. The molecule has 2 unspecified atom stereocenters. The maximum absolute atomic E-state index is 12.5. The van der Waals surface area contributed by atoms with Gasteiger partial charge in [-0.15, -0.1) is 24.0 Å². The molecule has 0 radical (unpaired) electrons. The van der Waals surface area contributed by atoms with Gasteiger partial charge in [-0.05, 0) is 75.4 Å². The standard InChI is InChI=1S/C27H39N5O.HI/c1-5-20(3)30-26(33)24-13-9-11-22(17-24)19-29-27(28-6-2)31-21(4)23-12-10-14-25(18-23)32-15-7-8-16-32;/h9-14,17-18,20-21H,5-8,15-16,19H2,1-4H3,(H,30,33)(H2,28,29,31);1H. The lowest BCUT2D eigenvalue weighted by Crippen LogP contribution is -2.38. The van der Waals surface area contributed by atoms with E-state index in [9.17, 15) is 4.79 Å². The lowest BCUT2D eigenvalue weighted by molar-refractivity contribution is 0.0939. The van der Waals surface area contributed by atoms with Crippen LogP contribution in [0.25, 0.3) is 0 Å². The number of nitrogens with zero attached hydrogens (tertiary/aromatic N) is 2. The number of anilines is 1. The number of halogens is 1. The zero-order valence-electron chi connectivity index (χ0n) is 20.9. The van der Waals surface area contributed by atoms with Crippen molar-refractivity contribution in [2.24, 2.45) is 4.99 Å². The van der Waals surface area contributed by atoms with E-state index in [2.05, 4.69) is 65.9 Å². The summed E-state index contributed by atoms with van der Waals surface area (Å²) in [6, 6.07) is 16.8. The van der Waals surface area contributed by atoms with Gasteiger partial charge in [0.2, 0.25) is 0 Å². The predicted molar refractivity (Wildman–Crippen MR) is 153 cm³/mol. The fraction of sp³-hybridized carbons (Fsp3) is 0.481. The molecule has 0 saturated carbocycles. The number of nitrogens with one attached hydrogen (secondary N) is 3. The molecule has 2 aromatic rings. The van der Waals surface area contributed by atoms with Gasteiger partial charge in [0.25, 0.3) is 5.91 Å². The second kappa shape index (κ2) is 14.2. The molecule has 186 valence electrons. The van der Waals surface area contributed by atoms with E-state index in [1.165, 1.54) is 24.1 Å². The van der Waals surface area contributed by atoms with Crippen LogP contribution in [0.1, 0.15) is 74.5 Å². The highest BCUT2D eigenvalue weighted by molar-refractivity contribution is 14.0. The third-order valence-corrected chi connectivity index (χ3v) is 6.14. The number of benzene rings is 2. The van der Waals surface area contributed by atoms with E-state index < -0.39 is 0 Å². The quantitative estimate of drug-likeness (QED) is 0.217. The van der Waals surface area contributed by atoms with Crippen LogP contribution in [-0.4, -0.2) is 37.5 Å². The van der Waals surface area contributed by atoms with Gasteiger partial charge in [0.1, 0.15) is 0 Å². The highest BCUT2D eigenvalue weighted by atomic mass is 127. The number of carbonyl (C=O) groups excluding carboxylic acids is 1. The molecule has 2 aromatic carbocycles. The molecule has 0 aliphatic carbocycles. The van der Waals surface area contributed by atoms with Crippen molar-refractivity contribution in [2.75, 3.05) is 24.5 Å². The van der Waals surface area contributed by atoms with Crippen LogP contribution in [0.5, 0.6) is 0 Å². The van der Waals surface area contributed by atoms with Crippen molar-refractivity contribution in [1.29, 1.82) is 0 Å². The van der Waals surface area contributed by atoms with Gasteiger partial charge in [-0.1, -0.05) is 31.2 Å². The van der Waals surface area contributed by atoms with Crippen molar-refractivity contribution >= 4 is 41.5 Å². The van der Waals surface area contributed by atoms with Gasteiger partial charge >= 0.3 is 0 Å². The smallest absolute Gasteiger partial charge is 0.251 e. The van der Waals surface area contributed by atoms with Crippen LogP contribution >= 0.6 is 24.0 Å². The number of amides is 1. The summed E-state index contributed by atoms with van der Waals surface area (Å²) in [6.45, 7) is 11.9. The third-order valence-electron chi connectivity index (χ3n) is 6.14.